The Balaban J connectivity index is 1.06. The number of aromatic nitrogens is 1. The summed E-state index contributed by atoms with van der Waals surface area (Å²) in [4.78, 5) is 2.32. The third-order valence-electron chi connectivity index (χ3n) is 10.8. The van der Waals surface area contributed by atoms with E-state index in [1.165, 1.54) is 54.5 Å². The van der Waals surface area contributed by atoms with E-state index in [4.69, 9.17) is 4.42 Å². The lowest BCUT2D eigenvalue weighted by atomic mass is 9.98. The van der Waals surface area contributed by atoms with Gasteiger partial charge in [-0.25, -0.2) is 0 Å². The van der Waals surface area contributed by atoms with Crippen LogP contribution in [0.3, 0.4) is 0 Å². The van der Waals surface area contributed by atoms with Gasteiger partial charge in [0, 0.05) is 50.4 Å². The predicted molar refractivity (Wildman–Crippen MR) is 223 cm³/mol. The van der Waals surface area contributed by atoms with Crippen molar-refractivity contribution in [2.75, 3.05) is 4.90 Å². The fraction of sp³-hybridized carbons (Fsp3) is 0. The van der Waals surface area contributed by atoms with Crippen LogP contribution in [0.1, 0.15) is 0 Å². The highest BCUT2D eigenvalue weighted by molar-refractivity contribution is 6.13. The van der Waals surface area contributed by atoms with Crippen LogP contribution in [0.5, 0.6) is 0 Å². The second-order valence-corrected chi connectivity index (χ2v) is 13.8. The molecule has 3 heteroatoms. The molecule has 0 unspecified atom stereocenters. The number of para-hydroxylation sites is 2. The van der Waals surface area contributed by atoms with Crippen molar-refractivity contribution in [2.45, 2.75) is 0 Å². The minimum Gasteiger partial charge on any atom is -0.456 e. The fourth-order valence-corrected chi connectivity index (χ4v) is 8.25. The molecule has 11 rings (SSSR count). The molecule has 0 bridgehead atoms. The van der Waals surface area contributed by atoms with Crippen molar-refractivity contribution in [2.24, 2.45) is 0 Å². The Morgan fingerprint density at radius 1 is 0.358 bits per heavy atom. The highest BCUT2D eigenvalue weighted by atomic mass is 16.3. The minimum atomic E-state index is 0.871. The lowest BCUT2D eigenvalue weighted by Crippen LogP contribution is -2.10. The molecule has 0 radical (unpaired) electrons. The van der Waals surface area contributed by atoms with Crippen LogP contribution >= 0.6 is 0 Å². The van der Waals surface area contributed by atoms with Crippen molar-refractivity contribution in [3.63, 3.8) is 0 Å². The molecular formula is C50H32N2O. The SMILES string of the molecule is c1ccc2cc3c(cc2c1)c1ccccc1n3-c1ccc(N(c2ccc(-c3cccc4ccccc34)cc2)c2ccc3c(c2)oc2ccccc23)cc1. The number of furan rings is 1. The van der Waals surface area contributed by atoms with E-state index in [1.54, 1.807) is 0 Å². The maximum Gasteiger partial charge on any atom is 0.137 e. The number of fused-ring (bicyclic) bond motifs is 8. The third kappa shape index (κ3) is 4.75. The van der Waals surface area contributed by atoms with E-state index in [-0.39, 0.29) is 0 Å². The van der Waals surface area contributed by atoms with E-state index in [0.29, 0.717) is 0 Å². The number of rotatable bonds is 5. The molecule has 248 valence electrons. The van der Waals surface area contributed by atoms with Gasteiger partial charge in [0.25, 0.3) is 0 Å². The van der Waals surface area contributed by atoms with E-state index in [1.807, 2.05) is 12.1 Å². The summed E-state index contributed by atoms with van der Waals surface area (Å²) in [6.07, 6.45) is 0. The Morgan fingerprint density at radius 3 is 1.77 bits per heavy atom. The Kier molecular flexibility index (Phi) is 6.55. The predicted octanol–water partition coefficient (Wildman–Crippen LogP) is 14.1. The van der Waals surface area contributed by atoms with Crippen molar-refractivity contribution in [1.82, 2.24) is 4.57 Å². The molecule has 0 aliphatic rings. The summed E-state index contributed by atoms with van der Waals surface area (Å²) in [5, 5.41) is 9.74. The molecule has 2 aromatic heterocycles. The molecule has 11 aromatic rings. The van der Waals surface area contributed by atoms with Gasteiger partial charge in [0.05, 0.1) is 11.0 Å². The standard InChI is InChI=1S/C50H32N2O/c1-2-12-36-31-48-46(30-35(36)11-1)43-15-5-7-18-47(43)52(48)39-26-24-38(25-27-39)51(40-28-29-45-44-16-6-8-19-49(44)53-50(45)32-40)37-22-20-34(21-23-37)42-17-9-13-33-10-3-4-14-41(33)42/h1-32H. The molecule has 0 saturated heterocycles. The van der Waals surface area contributed by atoms with Crippen LogP contribution in [0.15, 0.2) is 199 Å². The van der Waals surface area contributed by atoms with Crippen molar-refractivity contribution in [3.8, 4) is 16.8 Å². The van der Waals surface area contributed by atoms with Gasteiger partial charge < -0.3 is 13.9 Å². The zero-order chi connectivity index (χ0) is 34.9. The van der Waals surface area contributed by atoms with E-state index in [2.05, 4.69) is 191 Å². The smallest absolute Gasteiger partial charge is 0.137 e. The lowest BCUT2D eigenvalue weighted by Gasteiger charge is -2.26. The topological polar surface area (TPSA) is 21.3 Å². The van der Waals surface area contributed by atoms with Crippen molar-refractivity contribution in [3.05, 3.63) is 194 Å². The van der Waals surface area contributed by atoms with Gasteiger partial charge in [-0.3, -0.25) is 0 Å². The molecule has 0 aliphatic carbocycles. The van der Waals surface area contributed by atoms with E-state index in [9.17, 15) is 0 Å². The number of hydrogen-bond acceptors (Lipinski definition) is 2. The van der Waals surface area contributed by atoms with Gasteiger partial charge in [0.2, 0.25) is 0 Å². The second kappa shape index (κ2) is 11.7. The van der Waals surface area contributed by atoms with Gasteiger partial charge in [-0.1, -0.05) is 115 Å². The van der Waals surface area contributed by atoms with Crippen LogP contribution in [0.4, 0.5) is 17.1 Å². The van der Waals surface area contributed by atoms with Gasteiger partial charge in [0.1, 0.15) is 11.2 Å². The summed E-state index contributed by atoms with van der Waals surface area (Å²) >= 11 is 0. The molecule has 53 heavy (non-hydrogen) atoms. The molecule has 3 nitrogen and oxygen atoms in total. The van der Waals surface area contributed by atoms with Gasteiger partial charge in [-0.05, 0) is 105 Å². The highest BCUT2D eigenvalue weighted by Crippen LogP contribution is 2.41. The van der Waals surface area contributed by atoms with Gasteiger partial charge >= 0.3 is 0 Å². The summed E-state index contributed by atoms with van der Waals surface area (Å²) < 4.78 is 8.78. The largest absolute Gasteiger partial charge is 0.456 e. The van der Waals surface area contributed by atoms with Gasteiger partial charge in [-0.15, -0.1) is 0 Å². The summed E-state index contributed by atoms with van der Waals surface area (Å²) in [6.45, 7) is 0. The first kappa shape index (κ1) is 29.6. The number of nitrogens with zero attached hydrogens (tertiary/aromatic N) is 2. The molecular weight excluding hydrogens is 645 g/mol. The van der Waals surface area contributed by atoms with Crippen LogP contribution in [0.25, 0.3) is 82.1 Å². The monoisotopic (exact) mass is 676 g/mol. The Labute approximate surface area is 306 Å². The highest BCUT2D eigenvalue weighted by Gasteiger charge is 2.18. The van der Waals surface area contributed by atoms with Gasteiger partial charge in [0.15, 0.2) is 0 Å². The molecule has 0 fully saturated rings. The zero-order valence-electron chi connectivity index (χ0n) is 28.8. The normalized spacial score (nSPS) is 11.8. The molecule has 2 heterocycles. The molecule has 0 N–H and O–H groups in total. The third-order valence-corrected chi connectivity index (χ3v) is 10.8. The van der Waals surface area contributed by atoms with Crippen LogP contribution < -0.4 is 4.90 Å². The first-order valence-corrected chi connectivity index (χ1v) is 18.1. The average molecular weight is 677 g/mol. The Bertz CT molecular complexity index is 3160. The van der Waals surface area contributed by atoms with Crippen LogP contribution in [-0.2, 0) is 0 Å². The summed E-state index contributed by atoms with van der Waals surface area (Å²) in [5.41, 5.74) is 10.9. The Morgan fingerprint density at radius 2 is 0.962 bits per heavy atom. The number of benzene rings is 9. The number of hydrogen-bond donors (Lipinski definition) is 0. The minimum absolute atomic E-state index is 0.871. The fourth-order valence-electron chi connectivity index (χ4n) is 8.25. The van der Waals surface area contributed by atoms with Crippen LogP contribution in [0, 0.1) is 0 Å². The number of anilines is 3. The molecule has 0 atom stereocenters. The second-order valence-electron chi connectivity index (χ2n) is 13.8. The van der Waals surface area contributed by atoms with Crippen LogP contribution in [0.2, 0.25) is 0 Å². The maximum absolute atomic E-state index is 6.38. The molecule has 0 spiro atoms. The van der Waals surface area contributed by atoms with Gasteiger partial charge in [-0.2, -0.15) is 0 Å². The first-order chi connectivity index (χ1) is 26.3. The van der Waals surface area contributed by atoms with Crippen molar-refractivity contribution >= 4 is 82.4 Å². The summed E-state index contributed by atoms with van der Waals surface area (Å²) in [7, 11) is 0. The molecule has 0 saturated carbocycles. The quantitative estimate of drug-likeness (QED) is 0.181. The van der Waals surface area contributed by atoms with Crippen molar-refractivity contribution in [1.29, 1.82) is 0 Å². The van der Waals surface area contributed by atoms with E-state index >= 15 is 0 Å². The summed E-state index contributed by atoms with van der Waals surface area (Å²) in [5.74, 6) is 0. The molecule has 0 amide bonds. The first-order valence-electron chi connectivity index (χ1n) is 18.1. The zero-order valence-corrected chi connectivity index (χ0v) is 28.8. The molecule has 0 aliphatic heterocycles. The maximum atomic E-state index is 6.38. The Hall–Kier alpha value is -7.10. The van der Waals surface area contributed by atoms with E-state index in [0.717, 1.165) is 44.7 Å². The lowest BCUT2D eigenvalue weighted by molar-refractivity contribution is 0.669. The molecule has 9 aromatic carbocycles. The van der Waals surface area contributed by atoms with E-state index < -0.39 is 0 Å². The van der Waals surface area contributed by atoms with Crippen molar-refractivity contribution < 1.29 is 4.42 Å². The van der Waals surface area contributed by atoms with Crippen LogP contribution in [-0.4, -0.2) is 4.57 Å². The summed E-state index contributed by atoms with van der Waals surface area (Å²) in [6, 6.07) is 69.8. The average Bonchev–Trinajstić information content (AvgIpc) is 3.75.